The largest absolute Gasteiger partial charge is 0.444 e. The van der Waals surface area contributed by atoms with Gasteiger partial charge >= 0.3 is 6.09 Å². The molecule has 12 nitrogen and oxygen atoms in total. The highest BCUT2D eigenvalue weighted by Crippen LogP contribution is 2.31. The summed E-state index contributed by atoms with van der Waals surface area (Å²) in [6, 6.07) is 7.71. The van der Waals surface area contributed by atoms with Crippen LogP contribution >= 0.6 is 0 Å². The summed E-state index contributed by atoms with van der Waals surface area (Å²) in [7, 11) is 0. The van der Waals surface area contributed by atoms with Gasteiger partial charge in [0.1, 0.15) is 11.2 Å². The minimum absolute atomic E-state index is 0.110. The third-order valence-electron chi connectivity index (χ3n) is 8.42. The van der Waals surface area contributed by atoms with Gasteiger partial charge in [-0.25, -0.2) is 20.3 Å². The number of hydrogen-bond acceptors (Lipinski definition) is 9. The molecule has 4 aromatic rings. The molecule has 240 valence electrons. The zero-order chi connectivity index (χ0) is 31.7. The summed E-state index contributed by atoms with van der Waals surface area (Å²) in [4.78, 5) is 19.6. The Morgan fingerprint density at radius 2 is 1.96 bits per heavy atom. The van der Waals surface area contributed by atoms with Crippen LogP contribution in [0.5, 0.6) is 0 Å². The highest BCUT2D eigenvalue weighted by molar-refractivity contribution is 5.93. The predicted octanol–water partition coefficient (Wildman–Crippen LogP) is 5.14. The first kappa shape index (κ1) is 30.7. The van der Waals surface area contributed by atoms with Gasteiger partial charge in [0.05, 0.1) is 36.2 Å². The topological polar surface area (TPSA) is 155 Å². The molecule has 45 heavy (non-hydrogen) atoms. The second-order valence-electron chi connectivity index (χ2n) is 13.4. The molecule has 0 radical (unpaired) electrons. The standard InChI is InChI=1S/C33H45N9O3/c1-33(2,3)45-32(43)40(16-22-7-6-8-22)18-23-10-11-30-38-25(19-39(30)17-23)20-41(36)21-28(35)26-13-24(34)14-29-27(26)15-37-42(29)31-9-4-5-12-44-31/h10-11,13-15,17,19,21-22,31H,4-9,12,16,18,20,34-36H2,1-3H3/b28-21-. The average molecular weight is 616 g/mol. The van der Waals surface area contributed by atoms with E-state index in [0.29, 0.717) is 36.9 Å². The van der Waals surface area contributed by atoms with Crippen LogP contribution < -0.4 is 17.3 Å². The fourth-order valence-electron chi connectivity index (χ4n) is 6.03. The molecule has 2 aliphatic rings. The number of pyridine rings is 1. The predicted molar refractivity (Wildman–Crippen MR) is 174 cm³/mol. The van der Waals surface area contributed by atoms with E-state index in [1.165, 1.54) is 11.4 Å². The number of ether oxygens (including phenoxy) is 2. The number of imidazole rings is 1. The van der Waals surface area contributed by atoms with Crippen LogP contribution in [0.3, 0.4) is 0 Å². The number of amides is 1. The first-order chi connectivity index (χ1) is 21.5. The van der Waals surface area contributed by atoms with E-state index in [0.717, 1.165) is 72.1 Å². The molecule has 6 rings (SSSR count). The summed E-state index contributed by atoms with van der Waals surface area (Å²) in [6.07, 6.45) is 13.6. The van der Waals surface area contributed by atoms with Crippen LogP contribution in [-0.2, 0) is 22.6 Å². The zero-order valence-corrected chi connectivity index (χ0v) is 26.5. The molecule has 12 heteroatoms. The van der Waals surface area contributed by atoms with Gasteiger partial charge in [0.2, 0.25) is 0 Å². The van der Waals surface area contributed by atoms with Crippen molar-refractivity contribution >= 4 is 34.0 Å². The molecule has 1 unspecified atom stereocenters. The molecule has 4 heterocycles. The lowest BCUT2D eigenvalue weighted by atomic mass is 9.85. The van der Waals surface area contributed by atoms with Crippen molar-refractivity contribution in [1.29, 1.82) is 0 Å². The van der Waals surface area contributed by atoms with E-state index >= 15 is 0 Å². The third kappa shape index (κ3) is 7.18. The second-order valence-corrected chi connectivity index (χ2v) is 13.4. The molecule has 1 amide bonds. The fraction of sp³-hybridized carbons (Fsp3) is 0.485. The SMILES string of the molecule is CC(C)(C)OC(=O)N(Cc1ccc2nc(CN(N)/C=C(\N)c3cc(N)cc4c3cnn4C3CCCCO3)cn2c1)CC1CCC1. The molecule has 1 saturated heterocycles. The van der Waals surface area contributed by atoms with Crippen molar-refractivity contribution in [2.45, 2.75) is 84.2 Å². The van der Waals surface area contributed by atoms with Crippen molar-refractivity contribution in [3.05, 3.63) is 65.9 Å². The quantitative estimate of drug-likeness (QED) is 0.132. The van der Waals surface area contributed by atoms with E-state index in [1.54, 1.807) is 12.4 Å². The van der Waals surface area contributed by atoms with Crippen LogP contribution in [0.4, 0.5) is 10.5 Å². The van der Waals surface area contributed by atoms with Gasteiger partial charge in [0, 0.05) is 48.4 Å². The first-order valence-corrected chi connectivity index (χ1v) is 15.8. The fourth-order valence-corrected chi connectivity index (χ4v) is 6.03. The molecule has 1 saturated carbocycles. The minimum atomic E-state index is -0.547. The summed E-state index contributed by atoms with van der Waals surface area (Å²) >= 11 is 0. The number of anilines is 1. The lowest BCUT2D eigenvalue weighted by molar-refractivity contribution is -0.0366. The lowest BCUT2D eigenvalue weighted by Crippen LogP contribution is -2.40. The van der Waals surface area contributed by atoms with Gasteiger partial charge in [0.15, 0.2) is 6.23 Å². The highest BCUT2D eigenvalue weighted by Gasteiger charge is 2.27. The molecular formula is C33H45N9O3. The molecule has 1 aliphatic heterocycles. The van der Waals surface area contributed by atoms with Crippen LogP contribution in [-0.4, -0.2) is 53.9 Å². The number of carbonyl (C=O) groups is 1. The third-order valence-corrected chi connectivity index (χ3v) is 8.42. The molecule has 1 aromatic carbocycles. The summed E-state index contributed by atoms with van der Waals surface area (Å²) < 4.78 is 15.5. The molecule has 2 fully saturated rings. The van der Waals surface area contributed by atoms with Crippen molar-refractivity contribution in [3.8, 4) is 0 Å². The van der Waals surface area contributed by atoms with Gasteiger partial charge in [-0.1, -0.05) is 12.5 Å². The summed E-state index contributed by atoms with van der Waals surface area (Å²) in [5.41, 5.74) is 17.6. The Bertz CT molecular complexity index is 1690. The number of benzene rings is 1. The number of carbonyl (C=O) groups excluding carboxylic acids is 1. The Morgan fingerprint density at radius 1 is 1.13 bits per heavy atom. The number of hydrazine groups is 1. The maximum atomic E-state index is 13.0. The van der Waals surface area contributed by atoms with Crippen molar-refractivity contribution in [3.63, 3.8) is 0 Å². The molecular weight excluding hydrogens is 570 g/mol. The van der Waals surface area contributed by atoms with Crippen molar-refractivity contribution < 1.29 is 14.3 Å². The Hall–Kier alpha value is -4.29. The van der Waals surface area contributed by atoms with Crippen molar-refractivity contribution in [2.75, 3.05) is 18.9 Å². The van der Waals surface area contributed by atoms with Gasteiger partial charge in [-0.05, 0) is 82.6 Å². The van der Waals surface area contributed by atoms with Gasteiger partial charge in [-0.15, -0.1) is 0 Å². The van der Waals surface area contributed by atoms with Crippen molar-refractivity contribution in [1.82, 2.24) is 29.1 Å². The van der Waals surface area contributed by atoms with Crippen LogP contribution in [0.1, 0.15) is 82.3 Å². The number of aromatic nitrogens is 4. The number of rotatable bonds is 9. The molecule has 0 bridgehead atoms. The minimum Gasteiger partial charge on any atom is -0.444 e. The first-order valence-electron chi connectivity index (χ1n) is 15.8. The Morgan fingerprint density at radius 3 is 2.67 bits per heavy atom. The highest BCUT2D eigenvalue weighted by atomic mass is 16.6. The summed E-state index contributed by atoms with van der Waals surface area (Å²) in [5, 5.41) is 7.02. The molecule has 1 aliphatic carbocycles. The number of fused-ring (bicyclic) bond motifs is 2. The molecule has 1 atom stereocenters. The second kappa shape index (κ2) is 12.6. The van der Waals surface area contributed by atoms with Gasteiger partial charge in [0.25, 0.3) is 0 Å². The average Bonchev–Trinajstić information content (AvgIpc) is 3.56. The van der Waals surface area contributed by atoms with E-state index in [4.69, 9.17) is 31.8 Å². The summed E-state index contributed by atoms with van der Waals surface area (Å²) in [5.74, 6) is 6.94. The van der Waals surface area contributed by atoms with Crippen LogP contribution in [0.25, 0.3) is 22.2 Å². The van der Waals surface area contributed by atoms with Crippen molar-refractivity contribution in [2.24, 2.45) is 17.5 Å². The monoisotopic (exact) mass is 615 g/mol. The number of nitrogens with zero attached hydrogens (tertiary/aromatic N) is 6. The number of nitrogens with two attached hydrogens (primary N) is 3. The van der Waals surface area contributed by atoms with E-state index in [1.807, 2.05) is 71.4 Å². The molecule has 0 spiro atoms. The number of nitrogen functional groups attached to an aromatic ring is 1. The van der Waals surface area contributed by atoms with Gasteiger partial charge in [-0.2, -0.15) is 5.10 Å². The van der Waals surface area contributed by atoms with Crippen LogP contribution in [0.2, 0.25) is 0 Å². The van der Waals surface area contributed by atoms with Gasteiger partial charge in [-0.3, -0.25) is 0 Å². The Balaban J connectivity index is 1.16. The lowest BCUT2D eigenvalue weighted by Gasteiger charge is -2.33. The molecule has 3 aromatic heterocycles. The van der Waals surface area contributed by atoms with Crippen LogP contribution in [0.15, 0.2) is 49.1 Å². The van der Waals surface area contributed by atoms with Gasteiger partial charge < -0.3 is 35.3 Å². The molecule has 6 N–H and O–H groups in total. The zero-order valence-electron chi connectivity index (χ0n) is 26.5. The van der Waals surface area contributed by atoms with E-state index < -0.39 is 5.60 Å². The van der Waals surface area contributed by atoms with Crippen LogP contribution in [0, 0.1) is 5.92 Å². The maximum absolute atomic E-state index is 13.0. The van der Waals surface area contributed by atoms with E-state index in [2.05, 4.69) is 5.10 Å². The Labute approximate surface area is 263 Å². The van der Waals surface area contributed by atoms with E-state index in [9.17, 15) is 4.79 Å². The smallest absolute Gasteiger partial charge is 0.410 e. The normalized spacial score (nSPS) is 17.9. The summed E-state index contributed by atoms with van der Waals surface area (Å²) in [6.45, 7) is 7.91. The Kier molecular flexibility index (Phi) is 8.61. The van der Waals surface area contributed by atoms with E-state index in [-0.39, 0.29) is 12.3 Å². The number of hydrogen-bond donors (Lipinski definition) is 3. The maximum Gasteiger partial charge on any atom is 0.410 e.